The molecule has 2 heterocycles. The first-order valence-corrected chi connectivity index (χ1v) is 12.3. The van der Waals surface area contributed by atoms with Gasteiger partial charge in [0.25, 0.3) is 17.5 Å². The summed E-state index contributed by atoms with van der Waals surface area (Å²) in [4.78, 5) is 40.5. The molecule has 1 N–H and O–H groups in total. The summed E-state index contributed by atoms with van der Waals surface area (Å²) in [5.74, 6) is 0.327. The van der Waals surface area contributed by atoms with Crippen LogP contribution in [-0.4, -0.2) is 53.5 Å². The largest absolute Gasteiger partial charge is 0.455 e. The van der Waals surface area contributed by atoms with E-state index in [-0.39, 0.29) is 17.2 Å². The molecular weight excluding hydrogens is 474 g/mol. The van der Waals surface area contributed by atoms with Crippen molar-refractivity contribution in [3.05, 3.63) is 92.9 Å². The fraction of sp³-hybridized carbons (Fsp3) is 0.296. The summed E-state index contributed by atoms with van der Waals surface area (Å²) >= 11 is 0. The normalized spacial score (nSPS) is 16.4. The SMILES string of the molecule is Cc1c(C(=O)N2CCN(c3ccccc3)CC2)oc2c1/C(=N/NC(=O)c1cccc([N+](=O)[O-])c1)CCC2. The van der Waals surface area contributed by atoms with Crippen LogP contribution in [0.3, 0.4) is 0 Å². The number of furan rings is 1. The predicted molar refractivity (Wildman–Crippen MR) is 138 cm³/mol. The number of nitrogens with one attached hydrogen (secondary N) is 1. The molecule has 10 heteroatoms. The summed E-state index contributed by atoms with van der Waals surface area (Å²) in [7, 11) is 0. The maximum atomic E-state index is 13.4. The number of hydrogen-bond donors (Lipinski definition) is 1. The summed E-state index contributed by atoms with van der Waals surface area (Å²) in [6.45, 7) is 4.52. The van der Waals surface area contributed by atoms with E-state index in [1.165, 1.54) is 24.3 Å². The van der Waals surface area contributed by atoms with E-state index < -0.39 is 10.8 Å². The Morgan fingerprint density at radius 2 is 1.78 bits per heavy atom. The molecule has 0 unspecified atom stereocenters. The van der Waals surface area contributed by atoms with Gasteiger partial charge in [-0.25, -0.2) is 5.43 Å². The van der Waals surface area contributed by atoms with Gasteiger partial charge in [-0.3, -0.25) is 19.7 Å². The van der Waals surface area contributed by atoms with Crippen molar-refractivity contribution in [1.82, 2.24) is 10.3 Å². The van der Waals surface area contributed by atoms with Crippen molar-refractivity contribution >= 4 is 28.9 Å². The quantitative estimate of drug-likeness (QED) is 0.418. The van der Waals surface area contributed by atoms with E-state index in [1.807, 2.05) is 30.0 Å². The minimum Gasteiger partial charge on any atom is -0.455 e. The first kappa shape index (κ1) is 24.2. The van der Waals surface area contributed by atoms with Crippen molar-refractivity contribution in [3.8, 4) is 0 Å². The lowest BCUT2D eigenvalue weighted by molar-refractivity contribution is -0.384. The van der Waals surface area contributed by atoms with Crippen LogP contribution in [0.4, 0.5) is 11.4 Å². The molecule has 37 heavy (non-hydrogen) atoms. The monoisotopic (exact) mass is 501 g/mol. The van der Waals surface area contributed by atoms with Crippen LogP contribution >= 0.6 is 0 Å². The minimum atomic E-state index is -0.551. The van der Waals surface area contributed by atoms with Crippen molar-refractivity contribution in [2.24, 2.45) is 5.10 Å². The van der Waals surface area contributed by atoms with Gasteiger partial charge in [0.2, 0.25) is 0 Å². The first-order valence-electron chi connectivity index (χ1n) is 12.3. The van der Waals surface area contributed by atoms with Gasteiger partial charge in [0.05, 0.1) is 10.6 Å². The highest BCUT2D eigenvalue weighted by Gasteiger charge is 2.31. The predicted octanol–water partition coefficient (Wildman–Crippen LogP) is 3.93. The lowest BCUT2D eigenvalue weighted by Gasteiger charge is -2.35. The molecule has 2 aromatic carbocycles. The van der Waals surface area contributed by atoms with Crippen LogP contribution in [0.1, 0.15) is 50.6 Å². The number of carbonyl (C=O) groups excluding carboxylic acids is 2. The molecule has 1 saturated heterocycles. The number of benzene rings is 2. The zero-order chi connectivity index (χ0) is 25.9. The van der Waals surface area contributed by atoms with Crippen LogP contribution < -0.4 is 10.3 Å². The zero-order valence-electron chi connectivity index (χ0n) is 20.5. The van der Waals surface area contributed by atoms with Gasteiger partial charge in [0.15, 0.2) is 5.76 Å². The lowest BCUT2D eigenvalue weighted by Crippen LogP contribution is -2.48. The molecule has 2 amide bonds. The highest BCUT2D eigenvalue weighted by atomic mass is 16.6. The molecule has 3 aromatic rings. The van der Waals surface area contributed by atoms with E-state index in [4.69, 9.17) is 4.42 Å². The first-order chi connectivity index (χ1) is 17.9. The third kappa shape index (κ3) is 4.95. The Morgan fingerprint density at radius 1 is 1.03 bits per heavy atom. The maximum Gasteiger partial charge on any atom is 0.289 e. The third-order valence-corrected chi connectivity index (χ3v) is 6.82. The second-order valence-electron chi connectivity index (χ2n) is 9.13. The number of aryl methyl sites for hydroxylation is 1. The summed E-state index contributed by atoms with van der Waals surface area (Å²) < 4.78 is 6.05. The molecule has 0 spiro atoms. The van der Waals surface area contributed by atoms with E-state index in [0.29, 0.717) is 48.7 Å². The standard InChI is InChI=1S/C27H27N5O5/c1-18-24-22(28-29-26(33)19-7-5-10-21(17-19)32(35)36)11-6-12-23(24)37-25(18)27(34)31-15-13-30(14-16-31)20-8-3-2-4-9-20/h2-5,7-10,17H,6,11-16H2,1H3,(H,29,33)/b28-22+. The molecule has 0 saturated carbocycles. The number of carbonyl (C=O) groups is 2. The fourth-order valence-electron chi connectivity index (χ4n) is 4.88. The molecule has 0 atom stereocenters. The van der Waals surface area contributed by atoms with Crippen molar-refractivity contribution in [2.45, 2.75) is 26.2 Å². The number of piperazine rings is 1. The topological polar surface area (TPSA) is 121 Å². The maximum absolute atomic E-state index is 13.4. The van der Waals surface area contributed by atoms with Gasteiger partial charge >= 0.3 is 0 Å². The Labute approximate surface area is 213 Å². The van der Waals surface area contributed by atoms with E-state index in [1.54, 1.807) is 0 Å². The number of anilines is 1. The summed E-state index contributed by atoms with van der Waals surface area (Å²) in [6.07, 6.45) is 2.07. The van der Waals surface area contributed by atoms with Crippen LogP contribution in [0.5, 0.6) is 0 Å². The molecule has 10 nitrogen and oxygen atoms in total. The van der Waals surface area contributed by atoms with Crippen molar-refractivity contribution in [3.63, 3.8) is 0 Å². The molecule has 0 radical (unpaired) electrons. The van der Waals surface area contributed by atoms with Gasteiger partial charge in [0.1, 0.15) is 5.76 Å². The minimum absolute atomic E-state index is 0.139. The second-order valence-corrected chi connectivity index (χ2v) is 9.13. The number of nitro benzene ring substituents is 1. The van der Waals surface area contributed by atoms with E-state index >= 15 is 0 Å². The average Bonchev–Trinajstić information content (AvgIpc) is 3.28. The average molecular weight is 502 g/mol. The van der Waals surface area contributed by atoms with Crippen molar-refractivity contribution in [1.29, 1.82) is 0 Å². The van der Waals surface area contributed by atoms with Gasteiger partial charge < -0.3 is 14.2 Å². The van der Waals surface area contributed by atoms with Crippen LogP contribution in [-0.2, 0) is 6.42 Å². The zero-order valence-corrected chi connectivity index (χ0v) is 20.5. The molecule has 190 valence electrons. The summed E-state index contributed by atoms with van der Waals surface area (Å²) in [5.41, 5.74) is 5.74. The Kier molecular flexibility index (Phi) is 6.72. The van der Waals surface area contributed by atoms with Gasteiger partial charge in [0, 0.05) is 67.1 Å². The van der Waals surface area contributed by atoms with Crippen molar-refractivity contribution < 1.29 is 18.9 Å². The number of non-ortho nitro benzene ring substituents is 1. The summed E-state index contributed by atoms with van der Waals surface area (Å²) in [5, 5.41) is 15.3. The Balaban J connectivity index is 1.30. The number of amides is 2. The van der Waals surface area contributed by atoms with E-state index in [0.717, 1.165) is 30.8 Å². The highest BCUT2D eigenvalue weighted by Crippen LogP contribution is 2.31. The Morgan fingerprint density at radius 3 is 2.51 bits per heavy atom. The number of nitro groups is 1. The molecule has 2 aliphatic rings. The van der Waals surface area contributed by atoms with Gasteiger partial charge in [-0.2, -0.15) is 5.10 Å². The van der Waals surface area contributed by atoms with Gasteiger partial charge in [-0.1, -0.05) is 24.3 Å². The smallest absolute Gasteiger partial charge is 0.289 e. The number of nitrogens with zero attached hydrogens (tertiary/aromatic N) is 4. The van der Waals surface area contributed by atoms with Gasteiger partial charge in [-0.05, 0) is 38.0 Å². The van der Waals surface area contributed by atoms with Crippen molar-refractivity contribution in [2.75, 3.05) is 31.1 Å². The highest BCUT2D eigenvalue weighted by molar-refractivity contribution is 6.07. The van der Waals surface area contributed by atoms with E-state index in [2.05, 4.69) is 27.6 Å². The number of hydrogen-bond acceptors (Lipinski definition) is 7. The molecule has 5 rings (SSSR count). The van der Waals surface area contributed by atoms with Crippen LogP contribution in [0.25, 0.3) is 0 Å². The number of fused-ring (bicyclic) bond motifs is 1. The Hall–Kier alpha value is -4.47. The van der Waals surface area contributed by atoms with Crippen LogP contribution in [0.2, 0.25) is 0 Å². The third-order valence-electron chi connectivity index (χ3n) is 6.82. The molecule has 1 aliphatic carbocycles. The van der Waals surface area contributed by atoms with Crippen LogP contribution in [0, 0.1) is 17.0 Å². The summed E-state index contributed by atoms with van der Waals surface area (Å²) in [6, 6.07) is 15.6. The fourth-order valence-corrected chi connectivity index (χ4v) is 4.88. The molecule has 0 bridgehead atoms. The van der Waals surface area contributed by atoms with Crippen LogP contribution in [0.15, 0.2) is 64.1 Å². The molecular formula is C27H27N5O5. The number of para-hydroxylation sites is 1. The van der Waals surface area contributed by atoms with E-state index in [9.17, 15) is 19.7 Å². The molecule has 1 aromatic heterocycles. The molecule has 1 fully saturated rings. The van der Waals surface area contributed by atoms with Gasteiger partial charge in [-0.15, -0.1) is 0 Å². The number of rotatable bonds is 5. The lowest BCUT2D eigenvalue weighted by atomic mass is 9.93. The molecule has 1 aliphatic heterocycles. The Bertz CT molecular complexity index is 1370. The number of hydrazone groups is 1. The second kappa shape index (κ2) is 10.3.